The number of anilines is 1. The molecule has 1 unspecified atom stereocenters. The molecular weight excluding hydrogens is 339 g/mol. The lowest BCUT2D eigenvalue weighted by atomic mass is 9.94. The monoisotopic (exact) mass is 350 g/mol. The van der Waals surface area contributed by atoms with Gasteiger partial charge in [0.1, 0.15) is 12.9 Å². The number of carbonyl (C=O) groups is 1. The predicted molar refractivity (Wildman–Crippen MR) is 87.7 cm³/mol. The minimum Gasteiger partial charge on any atom is -0.395 e. The zero-order chi connectivity index (χ0) is 16.2. The number of aromatic nitrogens is 2. The second-order valence-electron chi connectivity index (χ2n) is 4.98. The van der Waals surface area contributed by atoms with E-state index >= 15 is 0 Å². The number of rotatable bonds is 4. The molecule has 0 bridgehead atoms. The standard InChI is InChI=1S/C15H12Cl2N4O2/c16-12-2-1-9(3-13(12)17)15-10(7-23-21-15)4-14(22)20-11-5-18-8-19-6-11/h1-3,5-6,8,10H,4,7H2,(H,20,22). The van der Waals surface area contributed by atoms with Crippen molar-refractivity contribution in [3.8, 4) is 0 Å². The summed E-state index contributed by atoms with van der Waals surface area (Å²) in [6.07, 6.45) is 4.69. The highest BCUT2D eigenvalue weighted by Gasteiger charge is 2.27. The Labute approximate surface area is 142 Å². The number of benzene rings is 1. The third-order valence-corrected chi connectivity index (χ3v) is 4.06. The average molecular weight is 351 g/mol. The fraction of sp³-hybridized carbons (Fsp3) is 0.200. The minimum atomic E-state index is -0.164. The van der Waals surface area contributed by atoms with Gasteiger partial charge in [0.2, 0.25) is 5.91 Å². The fourth-order valence-electron chi connectivity index (χ4n) is 2.25. The topological polar surface area (TPSA) is 76.5 Å². The van der Waals surface area contributed by atoms with Crippen molar-refractivity contribution in [1.82, 2.24) is 9.97 Å². The normalized spacial score (nSPS) is 16.6. The third kappa shape index (κ3) is 3.78. The molecule has 2 aromatic rings. The van der Waals surface area contributed by atoms with Crippen LogP contribution in [0.5, 0.6) is 0 Å². The van der Waals surface area contributed by atoms with Crippen LogP contribution in [0.25, 0.3) is 0 Å². The molecule has 1 aliphatic heterocycles. The van der Waals surface area contributed by atoms with Gasteiger partial charge in [-0.2, -0.15) is 0 Å². The van der Waals surface area contributed by atoms with Crippen molar-refractivity contribution in [2.24, 2.45) is 11.1 Å². The Bertz CT molecular complexity index is 752. The molecule has 1 N–H and O–H groups in total. The predicted octanol–water partition coefficient (Wildman–Crippen LogP) is 3.16. The summed E-state index contributed by atoms with van der Waals surface area (Å²) in [5, 5.41) is 7.67. The van der Waals surface area contributed by atoms with Gasteiger partial charge in [-0.3, -0.25) is 4.79 Å². The second-order valence-corrected chi connectivity index (χ2v) is 5.79. The van der Waals surface area contributed by atoms with E-state index in [1.165, 1.54) is 18.7 Å². The summed E-state index contributed by atoms with van der Waals surface area (Å²) < 4.78 is 0. The van der Waals surface area contributed by atoms with Gasteiger partial charge in [-0.15, -0.1) is 0 Å². The van der Waals surface area contributed by atoms with Crippen LogP contribution in [-0.2, 0) is 9.63 Å². The molecule has 1 aromatic heterocycles. The molecule has 8 heteroatoms. The van der Waals surface area contributed by atoms with E-state index in [1.54, 1.807) is 18.2 Å². The molecule has 0 saturated heterocycles. The van der Waals surface area contributed by atoms with Gasteiger partial charge in [0.05, 0.1) is 39.8 Å². The first-order valence-corrected chi connectivity index (χ1v) is 7.59. The lowest BCUT2D eigenvalue weighted by Crippen LogP contribution is -2.23. The molecule has 6 nitrogen and oxygen atoms in total. The molecule has 1 aliphatic rings. The summed E-state index contributed by atoms with van der Waals surface area (Å²) in [7, 11) is 0. The van der Waals surface area contributed by atoms with Crippen molar-refractivity contribution in [1.29, 1.82) is 0 Å². The number of nitrogens with zero attached hydrogens (tertiary/aromatic N) is 3. The van der Waals surface area contributed by atoms with Crippen molar-refractivity contribution in [2.45, 2.75) is 6.42 Å². The van der Waals surface area contributed by atoms with Crippen molar-refractivity contribution in [2.75, 3.05) is 11.9 Å². The molecule has 0 radical (unpaired) electrons. The molecule has 1 aromatic carbocycles. The van der Waals surface area contributed by atoms with Crippen LogP contribution in [0.1, 0.15) is 12.0 Å². The largest absolute Gasteiger partial charge is 0.395 e. The molecule has 0 aliphatic carbocycles. The van der Waals surface area contributed by atoms with Crippen LogP contribution in [-0.4, -0.2) is 28.2 Å². The van der Waals surface area contributed by atoms with Crippen molar-refractivity contribution in [3.05, 3.63) is 52.5 Å². The van der Waals surface area contributed by atoms with Crippen LogP contribution < -0.4 is 5.32 Å². The van der Waals surface area contributed by atoms with E-state index in [4.69, 9.17) is 28.0 Å². The van der Waals surface area contributed by atoms with Gasteiger partial charge in [0, 0.05) is 12.0 Å². The number of amides is 1. The number of hydrogen-bond acceptors (Lipinski definition) is 5. The van der Waals surface area contributed by atoms with Gasteiger partial charge < -0.3 is 10.2 Å². The number of carbonyl (C=O) groups excluding carboxylic acids is 1. The Morgan fingerprint density at radius 2 is 2.04 bits per heavy atom. The maximum absolute atomic E-state index is 12.1. The van der Waals surface area contributed by atoms with Crippen molar-refractivity contribution < 1.29 is 9.63 Å². The number of oxime groups is 1. The van der Waals surface area contributed by atoms with Crippen LogP contribution in [0.3, 0.4) is 0 Å². The van der Waals surface area contributed by atoms with Gasteiger partial charge in [-0.25, -0.2) is 9.97 Å². The molecule has 3 rings (SSSR count). The first-order chi connectivity index (χ1) is 11.1. The lowest BCUT2D eigenvalue weighted by Gasteiger charge is -2.11. The molecule has 118 valence electrons. The molecule has 0 spiro atoms. The Morgan fingerprint density at radius 1 is 1.26 bits per heavy atom. The van der Waals surface area contributed by atoms with Gasteiger partial charge in [0.15, 0.2) is 0 Å². The summed E-state index contributed by atoms with van der Waals surface area (Å²) in [6, 6.07) is 5.21. The first kappa shape index (κ1) is 15.7. The van der Waals surface area contributed by atoms with E-state index in [1.807, 2.05) is 0 Å². The van der Waals surface area contributed by atoms with Crippen LogP contribution in [0.15, 0.2) is 42.1 Å². The van der Waals surface area contributed by atoms with E-state index < -0.39 is 0 Å². The van der Waals surface area contributed by atoms with E-state index in [0.717, 1.165) is 5.56 Å². The zero-order valence-corrected chi connectivity index (χ0v) is 13.4. The van der Waals surface area contributed by atoms with E-state index in [9.17, 15) is 4.79 Å². The summed E-state index contributed by atoms with van der Waals surface area (Å²) in [4.78, 5) is 25.0. The molecule has 0 fully saturated rings. The highest BCUT2D eigenvalue weighted by atomic mass is 35.5. The fourth-order valence-corrected chi connectivity index (χ4v) is 2.55. The Kier molecular flexibility index (Phi) is 4.73. The van der Waals surface area contributed by atoms with Gasteiger partial charge >= 0.3 is 0 Å². The van der Waals surface area contributed by atoms with Gasteiger partial charge in [-0.1, -0.05) is 34.4 Å². The summed E-state index contributed by atoms with van der Waals surface area (Å²) in [6.45, 7) is 0.342. The highest BCUT2D eigenvalue weighted by Crippen LogP contribution is 2.27. The van der Waals surface area contributed by atoms with Gasteiger partial charge in [-0.05, 0) is 12.1 Å². The molecule has 1 amide bonds. The highest BCUT2D eigenvalue weighted by molar-refractivity contribution is 6.42. The Hall–Kier alpha value is -2.18. The van der Waals surface area contributed by atoms with E-state index in [0.29, 0.717) is 28.1 Å². The summed E-state index contributed by atoms with van der Waals surface area (Å²) in [5.41, 5.74) is 2.02. The van der Waals surface area contributed by atoms with E-state index in [2.05, 4.69) is 20.4 Å². The number of nitrogens with one attached hydrogen (secondary N) is 1. The van der Waals surface area contributed by atoms with Crippen molar-refractivity contribution in [3.63, 3.8) is 0 Å². The maximum Gasteiger partial charge on any atom is 0.225 e. The third-order valence-electron chi connectivity index (χ3n) is 3.32. The number of halogens is 2. The number of hydrogen-bond donors (Lipinski definition) is 1. The van der Waals surface area contributed by atoms with Crippen LogP contribution in [0.2, 0.25) is 10.0 Å². The molecule has 1 atom stereocenters. The van der Waals surface area contributed by atoms with Crippen LogP contribution in [0, 0.1) is 5.92 Å². The first-order valence-electron chi connectivity index (χ1n) is 6.83. The quantitative estimate of drug-likeness (QED) is 0.918. The molecular formula is C15H12Cl2N4O2. The van der Waals surface area contributed by atoms with Crippen LogP contribution in [0.4, 0.5) is 5.69 Å². The van der Waals surface area contributed by atoms with Crippen molar-refractivity contribution >= 4 is 40.5 Å². The van der Waals surface area contributed by atoms with Crippen LogP contribution >= 0.6 is 23.2 Å². The smallest absolute Gasteiger partial charge is 0.225 e. The van der Waals surface area contributed by atoms with E-state index in [-0.39, 0.29) is 18.2 Å². The average Bonchev–Trinajstić information content (AvgIpc) is 2.99. The Balaban J connectivity index is 1.69. The molecule has 2 heterocycles. The zero-order valence-electron chi connectivity index (χ0n) is 11.9. The van der Waals surface area contributed by atoms with Gasteiger partial charge in [0.25, 0.3) is 0 Å². The lowest BCUT2D eigenvalue weighted by molar-refractivity contribution is -0.116. The summed E-state index contributed by atoms with van der Waals surface area (Å²) >= 11 is 12.0. The summed E-state index contributed by atoms with van der Waals surface area (Å²) in [5.74, 6) is -0.320. The second kappa shape index (κ2) is 6.93. The molecule has 0 saturated carbocycles. The Morgan fingerprint density at radius 3 is 2.78 bits per heavy atom. The maximum atomic E-state index is 12.1. The SMILES string of the molecule is O=C(CC1CON=C1c1ccc(Cl)c(Cl)c1)Nc1cncnc1. The molecule has 23 heavy (non-hydrogen) atoms. The minimum absolute atomic E-state index is 0.156.